The van der Waals surface area contributed by atoms with Crippen molar-refractivity contribution in [1.82, 2.24) is 0 Å². The van der Waals surface area contributed by atoms with Gasteiger partial charge in [-0.2, -0.15) is 5.26 Å². The predicted octanol–water partition coefficient (Wildman–Crippen LogP) is 1.62. The molecule has 0 aliphatic carbocycles. The Balaban J connectivity index is 3.51. The van der Waals surface area contributed by atoms with Gasteiger partial charge in [-0.3, -0.25) is 0 Å². The number of benzene rings is 1. The molecule has 0 bridgehead atoms. The molecule has 0 spiro atoms. The first-order valence-corrected chi connectivity index (χ1v) is 6.27. The Hall–Kier alpha value is -1.68. The molecular weight excluding hydrogens is 250 g/mol. The average Bonchev–Trinajstić information content (AvgIpc) is 2.16. The smallest absolute Gasteiger partial charge is 0.200 e. The van der Waals surface area contributed by atoms with Gasteiger partial charge in [0, 0.05) is 5.69 Å². The lowest BCUT2D eigenvalue weighted by molar-refractivity contribution is 0.517. The summed E-state index contributed by atoms with van der Waals surface area (Å²) in [5, 5.41) is 7.18. The number of nitrogens with two attached hydrogens (primary N) is 1. The topological polar surface area (TPSA) is 84.0 Å². The van der Waals surface area contributed by atoms with E-state index in [1.165, 1.54) is 13.0 Å². The van der Waals surface area contributed by atoms with Gasteiger partial charge in [0.15, 0.2) is 15.1 Å². The number of nitrogen functional groups attached to an aromatic ring is 1. The van der Waals surface area contributed by atoms with Crippen molar-refractivity contribution in [3.8, 4) is 6.07 Å². The van der Waals surface area contributed by atoms with E-state index in [-0.39, 0.29) is 12.1 Å². The third-order valence-electron chi connectivity index (χ3n) is 2.19. The highest BCUT2D eigenvalue weighted by Crippen LogP contribution is 2.26. The van der Waals surface area contributed by atoms with Gasteiger partial charge < -0.3 is 5.73 Å². The zero-order valence-electron chi connectivity index (χ0n) is 8.94. The van der Waals surface area contributed by atoms with Crippen LogP contribution in [0.3, 0.4) is 0 Å². The number of hydrogen-bond donors (Lipinski definition) is 1. The minimum atomic E-state index is -4.35. The molecule has 0 heterocycles. The van der Waals surface area contributed by atoms with Crippen molar-refractivity contribution in [2.75, 3.05) is 5.73 Å². The van der Waals surface area contributed by atoms with Crippen LogP contribution in [0.2, 0.25) is 0 Å². The van der Waals surface area contributed by atoms with Gasteiger partial charge in [0.2, 0.25) is 0 Å². The summed E-state index contributed by atoms with van der Waals surface area (Å²) in [6.45, 7) is 1.44. The lowest BCUT2D eigenvalue weighted by atomic mass is 10.3. The lowest BCUT2D eigenvalue weighted by Gasteiger charge is -2.10. The van der Waals surface area contributed by atoms with E-state index in [4.69, 9.17) is 11.0 Å². The number of rotatable bonds is 3. The monoisotopic (exact) mass is 260 g/mol. The van der Waals surface area contributed by atoms with E-state index in [1.807, 2.05) is 0 Å². The van der Waals surface area contributed by atoms with Crippen molar-refractivity contribution in [2.45, 2.75) is 23.5 Å². The quantitative estimate of drug-likeness (QED) is 0.837. The standard InChI is InChI=1S/C10H10F2N2O2S/c1-2-7(5-13)17(15,16)10-8(11)3-6(14)4-9(10)12/h3-4,7H,2,14H2,1H3. The molecule has 1 aromatic carbocycles. The Morgan fingerprint density at radius 1 is 1.41 bits per heavy atom. The predicted molar refractivity (Wildman–Crippen MR) is 57.6 cm³/mol. The number of hydrogen-bond acceptors (Lipinski definition) is 4. The van der Waals surface area contributed by atoms with Crippen molar-refractivity contribution in [3.05, 3.63) is 23.8 Å². The Morgan fingerprint density at radius 2 is 1.88 bits per heavy atom. The average molecular weight is 260 g/mol. The Bertz CT molecular complexity index is 555. The van der Waals surface area contributed by atoms with Crippen LogP contribution in [0.1, 0.15) is 13.3 Å². The fraction of sp³-hybridized carbons (Fsp3) is 0.300. The first kappa shape index (κ1) is 13.4. The Morgan fingerprint density at radius 3 is 2.24 bits per heavy atom. The molecular formula is C10H10F2N2O2S. The van der Waals surface area contributed by atoms with Gasteiger partial charge in [-0.05, 0) is 18.6 Å². The van der Waals surface area contributed by atoms with Crippen LogP contribution in [0.15, 0.2) is 17.0 Å². The van der Waals surface area contributed by atoms with Crippen LogP contribution in [0.25, 0.3) is 0 Å². The molecule has 0 radical (unpaired) electrons. The van der Waals surface area contributed by atoms with Gasteiger partial charge in [-0.1, -0.05) is 6.92 Å². The van der Waals surface area contributed by atoms with Gasteiger partial charge in [0.1, 0.15) is 16.5 Å². The van der Waals surface area contributed by atoms with Crippen molar-refractivity contribution in [1.29, 1.82) is 5.26 Å². The molecule has 1 atom stereocenters. The van der Waals surface area contributed by atoms with E-state index >= 15 is 0 Å². The van der Waals surface area contributed by atoms with Crippen LogP contribution in [0, 0.1) is 23.0 Å². The number of sulfone groups is 1. The van der Waals surface area contributed by atoms with Crippen LogP contribution in [-0.4, -0.2) is 13.7 Å². The van der Waals surface area contributed by atoms with E-state index in [1.54, 1.807) is 0 Å². The molecule has 2 N–H and O–H groups in total. The maximum Gasteiger partial charge on any atom is 0.200 e. The summed E-state index contributed by atoms with van der Waals surface area (Å²) in [6.07, 6.45) is -0.0535. The van der Waals surface area contributed by atoms with Crippen LogP contribution in [-0.2, 0) is 9.84 Å². The van der Waals surface area contributed by atoms with Crippen LogP contribution in [0.5, 0.6) is 0 Å². The number of nitrogens with zero attached hydrogens (tertiary/aromatic N) is 1. The Kier molecular flexibility index (Phi) is 3.68. The van der Waals surface area contributed by atoms with E-state index in [0.717, 1.165) is 0 Å². The molecule has 7 heteroatoms. The first-order valence-electron chi connectivity index (χ1n) is 4.72. The van der Waals surface area contributed by atoms with E-state index in [9.17, 15) is 17.2 Å². The van der Waals surface area contributed by atoms with Crippen molar-refractivity contribution < 1.29 is 17.2 Å². The molecule has 1 unspecified atom stereocenters. The summed E-state index contributed by atoms with van der Waals surface area (Å²) in [5.41, 5.74) is 4.95. The maximum atomic E-state index is 13.4. The SMILES string of the molecule is CCC(C#N)S(=O)(=O)c1c(F)cc(N)cc1F. The molecule has 0 aliphatic heterocycles. The van der Waals surface area contributed by atoms with Crippen molar-refractivity contribution in [3.63, 3.8) is 0 Å². The molecule has 1 rings (SSSR count). The van der Waals surface area contributed by atoms with Gasteiger partial charge in [-0.25, -0.2) is 17.2 Å². The summed E-state index contributed by atoms with van der Waals surface area (Å²) < 4.78 is 50.5. The highest BCUT2D eigenvalue weighted by molar-refractivity contribution is 7.92. The molecule has 0 aliphatic rings. The first-order chi connectivity index (χ1) is 7.84. The summed E-state index contributed by atoms with van der Waals surface area (Å²) in [4.78, 5) is -1.10. The lowest BCUT2D eigenvalue weighted by Crippen LogP contribution is -2.21. The second kappa shape index (κ2) is 4.67. The van der Waals surface area contributed by atoms with Crippen LogP contribution in [0.4, 0.5) is 14.5 Å². The molecule has 1 aromatic rings. The van der Waals surface area contributed by atoms with Crippen LogP contribution < -0.4 is 5.73 Å². The summed E-state index contributed by atoms with van der Waals surface area (Å²) in [7, 11) is -4.35. The zero-order valence-corrected chi connectivity index (χ0v) is 9.76. The van der Waals surface area contributed by atoms with Gasteiger partial charge in [0.25, 0.3) is 0 Å². The summed E-state index contributed by atoms with van der Waals surface area (Å²) in [5.74, 6) is -2.56. The molecule has 0 aromatic heterocycles. The normalized spacial score (nSPS) is 13.1. The number of halogens is 2. The minimum absolute atomic E-state index is 0.0535. The molecule has 92 valence electrons. The molecule has 0 saturated carbocycles. The zero-order chi connectivity index (χ0) is 13.2. The molecule has 17 heavy (non-hydrogen) atoms. The van der Waals surface area contributed by atoms with E-state index in [0.29, 0.717) is 12.1 Å². The summed E-state index contributed by atoms with van der Waals surface area (Å²) >= 11 is 0. The minimum Gasteiger partial charge on any atom is -0.399 e. The molecule has 4 nitrogen and oxygen atoms in total. The number of nitriles is 1. The molecule has 0 fully saturated rings. The largest absolute Gasteiger partial charge is 0.399 e. The third-order valence-corrected chi connectivity index (χ3v) is 4.34. The van der Waals surface area contributed by atoms with Crippen LogP contribution >= 0.6 is 0 Å². The fourth-order valence-electron chi connectivity index (χ4n) is 1.37. The highest BCUT2D eigenvalue weighted by atomic mass is 32.2. The second-order valence-electron chi connectivity index (χ2n) is 3.38. The van der Waals surface area contributed by atoms with E-state index in [2.05, 4.69) is 0 Å². The third kappa shape index (κ3) is 2.36. The van der Waals surface area contributed by atoms with Crippen molar-refractivity contribution >= 4 is 15.5 Å². The van der Waals surface area contributed by atoms with Gasteiger partial charge in [-0.15, -0.1) is 0 Å². The molecule has 0 amide bonds. The van der Waals surface area contributed by atoms with Gasteiger partial charge >= 0.3 is 0 Å². The van der Waals surface area contributed by atoms with E-state index < -0.39 is 31.6 Å². The highest BCUT2D eigenvalue weighted by Gasteiger charge is 2.32. The van der Waals surface area contributed by atoms with Gasteiger partial charge in [0.05, 0.1) is 6.07 Å². The number of anilines is 1. The Labute approximate surface area is 97.6 Å². The second-order valence-corrected chi connectivity index (χ2v) is 5.45. The summed E-state index contributed by atoms with van der Waals surface area (Å²) in [6, 6.07) is 2.92. The van der Waals surface area contributed by atoms with Crippen molar-refractivity contribution in [2.24, 2.45) is 0 Å². The maximum absolute atomic E-state index is 13.4. The fourth-order valence-corrected chi connectivity index (χ4v) is 2.90. The molecule has 0 saturated heterocycles.